The first-order valence-electron chi connectivity index (χ1n) is 7.27. The van der Waals surface area contributed by atoms with Gasteiger partial charge in [-0.25, -0.2) is 13.8 Å². The molecule has 5 nitrogen and oxygen atoms in total. The van der Waals surface area contributed by atoms with Crippen molar-refractivity contribution in [2.45, 2.75) is 25.9 Å². The summed E-state index contributed by atoms with van der Waals surface area (Å²) in [6.45, 7) is 5.11. The smallest absolute Gasteiger partial charge is 0.137 e. The third-order valence-corrected chi connectivity index (χ3v) is 3.07. The molecule has 2 aromatic rings. The van der Waals surface area contributed by atoms with Gasteiger partial charge in [0.2, 0.25) is 0 Å². The van der Waals surface area contributed by atoms with Gasteiger partial charge in [0.1, 0.15) is 24.3 Å². The zero-order valence-electron chi connectivity index (χ0n) is 13.6. The van der Waals surface area contributed by atoms with E-state index < -0.39 is 11.6 Å². The molecule has 1 saturated heterocycles. The summed E-state index contributed by atoms with van der Waals surface area (Å²) in [6.07, 6.45) is 4.13. The van der Waals surface area contributed by atoms with Gasteiger partial charge >= 0.3 is 0 Å². The highest BCUT2D eigenvalue weighted by atomic mass is 19.1. The summed E-state index contributed by atoms with van der Waals surface area (Å²) in [5.41, 5.74) is 0.00734. The fraction of sp³-hybridized carbons (Fsp3) is 0.500. The van der Waals surface area contributed by atoms with Gasteiger partial charge in [-0.05, 0) is 32.4 Å². The Labute approximate surface area is 134 Å². The van der Waals surface area contributed by atoms with Crippen LogP contribution >= 0.6 is 0 Å². The Morgan fingerprint density at radius 2 is 2.00 bits per heavy atom. The minimum absolute atomic E-state index is 0.00734. The van der Waals surface area contributed by atoms with Crippen LogP contribution in [-0.4, -0.2) is 38.7 Å². The van der Waals surface area contributed by atoms with Gasteiger partial charge in [0.05, 0.1) is 12.2 Å². The van der Waals surface area contributed by atoms with Crippen molar-refractivity contribution < 1.29 is 18.6 Å². The number of aliphatic hydroxyl groups excluding tert-OH is 1. The Balaban J connectivity index is 0.000000176. The third kappa shape index (κ3) is 8.37. The van der Waals surface area contributed by atoms with Crippen molar-refractivity contribution in [3.05, 3.63) is 48.6 Å². The summed E-state index contributed by atoms with van der Waals surface area (Å²) < 4.78 is 30.9. The number of hydrogen-bond acceptors (Lipinski definition) is 4. The summed E-state index contributed by atoms with van der Waals surface area (Å²) in [5.74, 6) is -0.699. The number of hydrogen-bond donors (Lipinski definition) is 1. The summed E-state index contributed by atoms with van der Waals surface area (Å²) >= 11 is 0. The van der Waals surface area contributed by atoms with Gasteiger partial charge in [0.25, 0.3) is 0 Å². The molecule has 0 saturated carbocycles. The number of halogens is 2. The van der Waals surface area contributed by atoms with Gasteiger partial charge in [0, 0.05) is 25.6 Å². The summed E-state index contributed by atoms with van der Waals surface area (Å²) in [6, 6.07) is 4.55. The van der Waals surface area contributed by atoms with E-state index in [1.807, 2.05) is 7.05 Å². The van der Waals surface area contributed by atoms with Crippen molar-refractivity contribution in [3.8, 4) is 0 Å². The lowest BCUT2D eigenvalue weighted by molar-refractivity contribution is 0.0338. The Morgan fingerprint density at radius 1 is 1.35 bits per heavy atom. The lowest BCUT2D eigenvalue weighted by atomic mass is 9.99. The number of rotatable bonds is 1. The number of benzene rings is 1. The number of aromatic nitrogens is 3. The Morgan fingerprint density at radius 3 is 2.22 bits per heavy atom. The Bertz CT molecular complexity index is 545. The van der Waals surface area contributed by atoms with Crippen LogP contribution in [0.25, 0.3) is 0 Å². The first-order chi connectivity index (χ1) is 10.8. The fourth-order valence-corrected chi connectivity index (χ4v) is 2.00. The van der Waals surface area contributed by atoms with Gasteiger partial charge < -0.3 is 9.84 Å². The van der Waals surface area contributed by atoms with Crippen molar-refractivity contribution in [2.24, 2.45) is 13.0 Å². The average Bonchev–Trinajstić information content (AvgIpc) is 3.08. The van der Waals surface area contributed by atoms with Crippen LogP contribution in [0, 0.1) is 17.6 Å². The van der Waals surface area contributed by atoms with Crippen molar-refractivity contribution in [3.63, 3.8) is 0 Å². The monoisotopic (exact) mass is 327 g/mol. The van der Waals surface area contributed by atoms with E-state index in [-0.39, 0.29) is 12.2 Å². The highest BCUT2D eigenvalue weighted by Gasteiger charge is 2.30. The van der Waals surface area contributed by atoms with E-state index >= 15 is 0 Å². The van der Waals surface area contributed by atoms with Crippen LogP contribution in [0.1, 0.15) is 20.3 Å². The highest BCUT2D eigenvalue weighted by Crippen LogP contribution is 2.28. The average molecular weight is 327 g/mol. The minimum atomic E-state index is -0.537. The molecule has 0 aliphatic carbocycles. The Hall–Kier alpha value is -1.86. The summed E-state index contributed by atoms with van der Waals surface area (Å²) in [4.78, 5) is 3.67. The molecule has 1 aromatic heterocycles. The summed E-state index contributed by atoms with van der Waals surface area (Å²) in [5, 5.41) is 12.4. The quantitative estimate of drug-likeness (QED) is 0.874. The van der Waals surface area contributed by atoms with Crippen LogP contribution in [0.3, 0.4) is 0 Å². The topological polar surface area (TPSA) is 60.2 Å². The lowest BCUT2D eigenvalue weighted by Gasteiger charge is -2.15. The number of aryl methyl sites for hydroxylation is 1. The summed E-state index contributed by atoms with van der Waals surface area (Å²) in [7, 11) is 1.83. The van der Waals surface area contributed by atoms with Crippen molar-refractivity contribution in [2.75, 3.05) is 13.2 Å². The number of nitrogens with zero attached hydrogens (tertiary/aromatic N) is 3. The molecule has 0 unspecified atom stereocenters. The van der Waals surface area contributed by atoms with E-state index in [0.29, 0.717) is 5.92 Å². The second-order valence-electron chi connectivity index (χ2n) is 5.83. The van der Waals surface area contributed by atoms with E-state index in [1.165, 1.54) is 24.5 Å². The van der Waals surface area contributed by atoms with Crippen LogP contribution in [0.15, 0.2) is 36.9 Å². The van der Waals surface area contributed by atoms with Crippen molar-refractivity contribution in [1.29, 1.82) is 0 Å². The standard InChI is InChI=1S/C7H14O2.C6H4F2.C3H5N3/c1-7(2)3-6(4-8)5-9-7;7-5-2-1-3-6(8)4-5;1-6-3-4-2-5-6/h6,8H,3-5H2,1-2H3;1-4H;2-3H,1H3/t6-;;/m1../s1. The van der Waals surface area contributed by atoms with Crippen LogP contribution < -0.4 is 0 Å². The first-order valence-corrected chi connectivity index (χ1v) is 7.27. The van der Waals surface area contributed by atoms with Crippen LogP contribution in [0.5, 0.6) is 0 Å². The van der Waals surface area contributed by atoms with Gasteiger partial charge in [-0.2, -0.15) is 5.10 Å². The predicted molar refractivity (Wildman–Crippen MR) is 82.6 cm³/mol. The molecule has 1 aromatic carbocycles. The molecule has 3 rings (SSSR count). The molecular formula is C16H23F2N3O2. The van der Waals surface area contributed by atoms with Crippen LogP contribution in [0.4, 0.5) is 8.78 Å². The SMILES string of the molecule is CC1(C)C[C@H](CO)CO1.Cn1cncn1.Fc1cccc(F)c1. The molecule has 1 aliphatic heterocycles. The number of aliphatic hydroxyl groups is 1. The molecular weight excluding hydrogens is 304 g/mol. The van der Waals surface area contributed by atoms with Gasteiger partial charge in [-0.3, -0.25) is 4.68 Å². The van der Waals surface area contributed by atoms with E-state index in [4.69, 9.17) is 9.84 Å². The van der Waals surface area contributed by atoms with Gasteiger partial charge in [-0.1, -0.05) is 6.07 Å². The largest absolute Gasteiger partial charge is 0.396 e. The molecule has 7 heteroatoms. The van der Waals surface area contributed by atoms with Crippen LogP contribution in [-0.2, 0) is 11.8 Å². The number of ether oxygens (including phenoxy) is 1. The molecule has 0 spiro atoms. The van der Waals surface area contributed by atoms with E-state index in [2.05, 4.69) is 23.9 Å². The minimum Gasteiger partial charge on any atom is -0.396 e. The molecule has 1 aliphatic rings. The molecule has 1 atom stereocenters. The molecule has 128 valence electrons. The maximum Gasteiger partial charge on any atom is 0.137 e. The zero-order valence-corrected chi connectivity index (χ0v) is 13.6. The molecule has 23 heavy (non-hydrogen) atoms. The molecule has 0 radical (unpaired) electrons. The molecule has 1 fully saturated rings. The maximum atomic E-state index is 11.9. The normalized spacial score (nSPS) is 18.4. The molecule has 0 amide bonds. The van der Waals surface area contributed by atoms with E-state index in [1.54, 1.807) is 11.0 Å². The van der Waals surface area contributed by atoms with Crippen molar-refractivity contribution >= 4 is 0 Å². The molecule has 0 bridgehead atoms. The lowest BCUT2D eigenvalue weighted by Crippen LogP contribution is -2.17. The van der Waals surface area contributed by atoms with E-state index in [9.17, 15) is 8.78 Å². The van der Waals surface area contributed by atoms with Crippen LogP contribution in [0.2, 0.25) is 0 Å². The first kappa shape index (κ1) is 19.2. The predicted octanol–water partition coefficient (Wildman–Crippen LogP) is 2.57. The maximum absolute atomic E-state index is 11.9. The second kappa shape index (κ2) is 9.32. The van der Waals surface area contributed by atoms with Crippen molar-refractivity contribution in [1.82, 2.24) is 14.8 Å². The zero-order chi connectivity index (χ0) is 17.3. The fourth-order valence-electron chi connectivity index (χ4n) is 2.00. The van der Waals surface area contributed by atoms with Gasteiger partial charge in [0.15, 0.2) is 0 Å². The third-order valence-electron chi connectivity index (χ3n) is 3.07. The molecule has 2 heterocycles. The van der Waals surface area contributed by atoms with Gasteiger partial charge in [-0.15, -0.1) is 0 Å². The molecule has 1 N–H and O–H groups in total. The highest BCUT2D eigenvalue weighted by molar-refractivity contribution is 5.04. The Kier molecular flexibility index (Phi) is 7.77. The second-order valence-corrected chi connectivity index (χ2v) is 5.83. The van der Waals surface area contributed by atoms with E-state index in [0.717, 1.165) is 19.1 Å².